The lowest BCUT2D eigenvalue weighted by Crippen LogP contribution is -2.40. The number of carbonyl (C=O) groups is 1. The van der Waals surface area contributed by atoms with Gasteiger partial charge >= 0.3 is 0 Å². The maximum Gasteiger partial charge on any atom is 0.236 e. The third-order valence-corrected chi connectivity index (χ3v) is 5.42. The topological polar surface area (TPSA) is 60.9 Å². The first-order chi connectivity index (χ1) is 8.86. The van der Waals surface area contributed by atoms with Gasteiger partial charge in [0.05, 0.1) is 12.3 Å². The predicted molar refractivity (Wildman–Crippen MR) is 75.8 cm³/mol. The summed E-state index contributed by atoms with van der Waals surface area (Å²) in [5.41, 5.74) is 0. The quantitative estimate of drug-likeness (QED) is 0.651. The molecule has 0 aliphatic carbocycles. The van der Waals surface area contributed by atoms with Gasteiger partial charge in [-0.15, -0.1) is 11.6 Å². The second-order valence-electron chi connectivity index (χ2n) is 4.82. The largest absolute Gasteiger partial charge is 0.348 e. The molecule has 0 radical (unpaired) electrons. The van der Waals surface area contributed by atoms with Gasteiger partial charge in [0.15, 0.2) is 0 Å². The summed E-state index contributed by atoms with van der Waals surface area (Å²) in [6.45, 7) is 2.61. The van der Waals surface area contributed by atoms with Gasteiger partial charge in [-0.2, -0.15) is 0 Å². The van der Waals surface area contributed by atoms with Gasteiger partial charge in [0.25, 0.3) is 0 Å². The lowest BCUT2D eigenvalue weighted by Gasteiger charge is -2.22. The second-order valence-corrected chi connectivity index (χ2v) is 7.29. The van der Waals surface area contributed by atoms with Crippen LogP contribution in [0.1, 0.15) is 6.42 Å². The molecule has 1 heterocycles. The van der Waals surface area contributed by atoms with E-state index in [4.69, 9.17) is 11.6 Å². The van der Waals surface area contributed by atoms with Crippen LogP contribution in [-0.4, -0.2) is 86.9 Å². The zero-order valence-electron chi connectivity index (χ0n) is 11.5. The highest BCUT2D eigenvalue weighted by molar-refractivity contribution is 7.89. The van der Waals surface area contributed by atoms with Crippen molar-refractivity contribution < 1.29 is 13.2 Å². The number of sulfonamides is 1. The fraction of sp³-hybridized carbons (Fsp3) is 0.909. The van der Waals surface area contributed by atoms with Crippen molar-refractivity contribution in [1.29, 1.82) is 0 Å². The van der Waals surface area contributed by atoms with Crippen LogP contribution in [0.25, 0.3) is 0 Å². The standard InChI is InChI=1S/C11H22ClN3O3S/c1-13(2)11(16)10-14-5-3-6-15(8-7-14)19(17,18)9-4-12/h3-10H2,1-2H3. The monoisotopic (exact) mass is 311 g/mol. The zero-order chi connectivity index (χ0) is 14.5. The Kier molecular flexibility index (Phi) is 6.52. The van der Waals surface area contributed by atoms with E-state index >= 15 is 0 Å². The van der Waals surface area contributed by atoms with Crippen LogP contribution in [0.15, 0.2) is 0 Å². The van der Waals surface area contributed by atoms with Crippen LogP contribution in [0.5, 0.6) is 0 Å². The Hall–Kier alpha value is -0.370. The highest BCUT2D eigenvalue weighted by Crippen LogP contribution is 2.09. The molecule has 1 fully saturated rings. The number of carbonyl (C=O) groups excluding carboxylic acids is 1. The van der Waals surface area contributed by atoms with Gasteiger partial charge in [-0.1, -0.05) is 0 Å². The number of hydrogen-bond donors (Lipinski definition) is 0. The van der Waals surface area contributed by atoms with Gasteiger partial charge in [0.1, 0.15) is 0 Å². The first-order valence-electron chi connectivity index (χ1n) is 6.33. The first-order valence-corrected chi connectivity index (χ1v) is 8.47. The average Bonchev–Trinajstić information content (AvgIpc) is 2.54. The lowest BCUT2D eigenvalue weighted by atomic mass is 10.4. The molecule has 0 saturated carbocycles. The van der Waals surface area contributed by atoms with E-state index in [2.05, 4.69) is 0 Å². The van der Waals surface area contributed by atoms with Crippen molar-refractivity contribution in [3.8, 4) is 0 Å². The van der Waals surface area contributed by atoms with Gasteiger partial charge in [-0.3, -0.25) is 9.69 Å². The minimum absolute atomic E-state index is 0.0226. The molecular weight excluding hydrogens is 290 g/mol. The van der Waals surface area contributed by atoms with Crippen LogP contribution in [0, 0.1) is 0 Å². The van der Waals surface area contributed by atoms with Crippen molar-refractivity contribution in [2.75, 3.05) is 58.5 Å². The molecule has 1 aliphatic rings. The van der Waals surface area contributed by atoms with Crippen molar-refractivity contribution in [2.24, 2.45) is 0 Å². The van der Waals surface area contributed by atoms with Crippen molar-refractivity contribution in [3.05, 3.63) is 0 Å². The molecule has 1 rings (SSSR count). The molecule has 0 bridgehead atoms. The molecule has 0 spiro atoms. The Balaban J connectivity index is 2.54. The molecule has 112 valence electrons. The number of alkyl halides is 1. The highest BCUT2D eigenvalue weighted by atomic mass is 35.5. The molecule has 1 amide bonds. The Morgan fingerprint density at radius 1 is 1.21 bits per heavy atom. The molecule has 19 heavy (non-hydrogen) atoms. The van der Waals surface area contributed by atoms with Crippen LogP contribution in [0.3, 0.4) is 0 Å². The van der Waals surface area contributed by atoms with E-state index in [0.717, 1.165) is 13.0 Å². The summed E-state index contributed by atoms with van der Waals surface area (Å²) in [6, 6.07) is 0. The smallest absolute Gasteiger partial charge is 0.236 e. The molecule has 0 aromatic rings. The van der Waals surface area contributed by atoms with Crippen LogP contribution in [-0.2, 0) is 14.8 Å². The van der Waals surface area contributed by atoms with E-state index < -0.39 is 10.0 Å². The predicted octanol–water partition coefficient (Wildman–Crippen LogP) is -0.349. The molecule has 1 saturated heterocycles. The normalized spacial score (nSPS) is 19.1. The number of rotatable bonds is 5. The molecular formula is C11H22ClN3O3S. The molecule has 6 nitrogen and oxygen atoms in total. The van der Waals surface area contributed by atoms with Gasteiger partial charge in [0.2, 0.25) is 15.9 Å². The summed E-state index contributed by atoms with van der Waals surface area (Å²) in [4.78, 5) is 15.2. The van der Waals surface area contributed by atoms with Crippen LogP contribution in [0.4, 0.5) is 0 Å². The molecule has 8 heteroatoms. The zero-order valence-corrected chi connectivity index (χ0v) is 13.1. The minimum atomic E-state index is -3.25. The molecule has 0 N–H and O–H groups in total. The van der Waals surface area contributed by atoms with Gasteiger partial charge < -0.3 is 4.90 Å². The third-order valence-electron chi connectivity index (χ3n) is 3.13. The Morgan fingerprint density at radius 2 is 1.89 bits per heavy atom. The summed E-state index contributed by atoms with van der Waals surface area (Å²) in [5.74, 6) is 0.129. The van der Waals surface area contributed by atoms with Gasteiger partial charge in [-0.05, 0) is 13.0 Å². The number of hydrogen-bond acceptors (Lipinski definition) is 4. The summed E-state index contributed by atoms with van der Waals surface area (Å²) in [6.07, 6.45) is 0.738. The maximum absolute atomic E-state index is 11.9. The molecule has 0 unspecified atom stereocenters. The molecule has 0 aromatic carbocycles. The number of halogens is 1. The van der Waals surface area contributed by atoms with E-state index in [1.165, 1.54) is 4.31 Å². The Bertz CT molecular complexity index is 400. The molecule has 1 aliphatic heterocycles. The molecule has 0 aromatic heterocycles. The third kappa shape index (κ3) is 5.25. The summed E-state index contributed by atoms with van der Waals surface area (Å²) >= 11 is 5.51. The number of amides is 1. The van der Waals surface area contributed by atoms with E-state index in [0.29, 0.717) is 26.2 Å². The highest BCUT2D eigenvalue weighted by Gasteiger charge is 2.25. The Morgan fingerprint density at radius 3 is 2.47 bits per heavy atom. The maximum atomic E-state index is 11.9. The SMILES string of the molecule is CN(C)C(=O)CN1CCCN(S(=O)(=O)CCCl)CC1. The van der Waals surface area contributed by atoms with Crippen LogP contribution >= 0.6 is 11.6 Å². The van der Waals surface area contributed by atoms with Crippen LogP contribution < -0.4 is 0 Å². The fourth-order valence-electron chi connectivity index (χ4n) is 1.94. The number of likely N-dealkylation sites (N-methyl/N-ethyl adjacent to an activating group) is 1. The van der Waals surface area contributed by atoms with Crippen molar-refractivity contribution in [2.45, 2.75) is 6.42 Å². The van der Waals surface area contributed by atoms with E-state index in [1.807, 2.05) is 4.90 Å². The van der Waals surface area contributed by atoms with Gasteiger partial charge in [0, 0.05) is 39.6 Å². The average molecular weight is 312 g/mol. The first kappa shape index (κ1) is 16.7. The van der Waals surface area contributed by atoms with Crippen molar-refractivity contribution in [3.63, 3.8) is 0 Å². The minimum Gasteiger partial charge on any atom is -0.348 e. The fourth-order valence-corrected chi connectivity index (χ4v) is 3.75. The van der Waals surface area contributed by atoms with E-state index in [-0.39, 0.29) is 17.5 Å². The second kappa shape index (κ2) is 7.42. The molecule has 0 atom stereocenters. The summed E-state index contributed by atoms with van der Waals surface area (Å²) in [5, 5.41) is 0. The van der Waals surface area contributed by atoms with Crippen molar-refractivity contribution >= 4 is 27.5 Å². The summed E-state index contributed by atoms with van der Waals surface area (Å²) < 4.78 is 25.3. The Labute approximate surface area is 120 Å². The lowest BCUT2D eigenvalue weighted by molar-refractivity contribution is -0.129. The summed E-state index contributed by atoms with van der Waals surface area (Å²) in [7, 11) is 0.194. The van der Waals surface area contributed by atoms with E-state index in [1.54, 1.807) is 19.0 Å². The van der Waals surface area contributed by atoms with Crippen molar-refractivity contribution in [1.82, 2.24) is 14.1 Å². The van der Waals surface area contributed by atoms with Crippen LogP contribution in [0.2, 0.25) is 0 Å². The van der Waals surface area contributed by atoms with Gasteiger partial charge in [-0.25, -0.2) is 12.7 Å². The number of nitrogens with zero attached hydrogens (tertiary/aromatic N) is 3. The van der Waals surface area contributed by atoms with E-state index in [9.17, 15) is 13.2 Å².